The van der Waals surface area contributed by atoms with Crippen molar-refractivity contribution >= 4 is 5.97 Å². The molecule has 1 heterocycles. The minimum Gasteiger partial charge on any atom is -0.481 e. The van der Waals surface area contributed by atoms with Gasteiger partial charge in [0, 0.05) is 30.8 Å². The van der Waals surface area contributed by atoms with E-state index in [9.17, 15) is 9.18 Å². The number of nitrogens with zero attached hydrogens (tertiary/aromatic N) is 2. The monoisotopic (exact) mass is 248 g/mol. The van der Waals surface area contributed by atoms with E-state index in [-0.39, 0.29) is 12.2 Å². The lowest BCUT2D eigenvalue weighted by Crippen LogP contribution is -2.00. The van der Waals surface area contributed by atoms with Crippen LogP contribution in [0.3, 0.4) is 0 Å². The number of halogens is 1. The van der Waals surface area contributed by atoms with Crippen molar-refractivity contribution in [3.05, 3.63) is 42.0 Å². The molecule has 0 amide bonds. The summed E-state index contributed by atoms with van der Waals surface area (Å²) in [7, 11) is 1.73. The molecule has 4 nitrogen and oxygen atoms in total. The van der Waals surface area contributed by atoms with Gasteiger partial charge in [-0.25, -0.2) is 4.39 Å². The van der Waals surface area contributed by atoms with E-state index in [4.69, 9.17) is 5.11 Å². The Bertz CT molecular complexity index is 578. The van der Waals surface area contributed by atoms with Crippen LogP contribution in [0, 0.1) is 5.82 Å². The summed E-state index contributed by atoms with van der Waals surface area (Å²) in [5.74, 6) is -1.22. The lowest BCUT2D eigenvalue weighted by atomic mass is 10.0. The number of hydrogen-bond acceptors (Lipinski definition) is 2. The van der Waals surface area contributed by atoms with Crippen molar-refractivity contribution < 1.29 is 14.3 Å². The standard InChI is InChI=1S/C13H13FN2O2/c1-16-8-10(9-4-2-3-5-11(9)14)12(15-16)6-7-13(17)18/h2-5,8H,6-7H2,1H3,(H,17,18). The van der Waals surface area contributed by atoms with Crippen molar-refractivity contribution in [1.29, 1.82) is 0 Å². The van der Waals surface area contributed by atoms with Gasteiger partial charge in [-0.3, -0.25) is 9.48 Å². The Morgan fingerprint density at radius 3 is 2.78 bits per heavy atom. The molecule has 1 N–H and O–H groups in total. The summed E-state index contributed by atoms with van der Waals surface area (Å²) in [6.07, 6.45) is 1.98. The third kappa shape index (κ3) is 2.56. The van der Waals surface area contributed by atoms with Crippen LogP contribution < -0.4 is 0 Å². The molecule has 1 aromatic heterocycles. The van der Waals surface area contributed by atoms with Crippen LogP contribution in [0.2, 0.25) is 0 Å². The molecule has 0 bridgehead atoms. The van der Waals surface area contributed by atoms with Gasteiger partial charge in [-0.2, -0.15) is 5.10 Å². The molecule has 2 aromatic rings. The van der Waals surface area contributed by atoms with Crippen molar-refractivity contribution in [2.45, 2.75) is 12.8 Å². The molecular weight excluding hydrogens is 235 g/mol. The Hall–Kier alpha value is -2.17. The number of aromatic nitrogens is 2. The molecule has 5 heteroatoms. The van der Waals surface area contributed by atoms with Crippen LogP contribution in [-0.4, -0.2) is 20.9 Å². The van der Waals surface area contributed by atoms with Crippen LogP contribution in [0.15, 0.2) is 30.5 Å². The lowest BCUT2D eigenvalue weighted by Gasteiger charge is -2.02. The maximum Gasteiger partial charge on any atom is 0.303 e. The number of aliphatic carboxylic acids is 1. The Balaban J connectivity index is 2.38. The normalized spacial score (nSPS) is 10.6. The molecule has 0 saturated carbocycles. The Kier molecular flexibility index (Phi) is 3.41. The molecular formula is C13H13FN2O2. The molecule has 0 spiro atoms. The van der Waals surface area contributed by atoms with Crippen LogP contribution in [-0.2, 0) is 18.3 Å². The van der Waals surface area contributed by atoms with Gasteiger partial charge in [-0.05, 0) is 6.07 Å². The van der Waals surface area contributed by atoms with E-state index in [1.807, 2.05) is 0 Å². The van der Waals surface area contributed by atoms with Gasteiger partial charge in [0.05, 0.1) is 12.1 Å². The van der Waals surface area contributed by atoms with Crippen molar-refractivity contribution in [3.8, 4) is 11.1 Å². The van der Waals surface area contributed by atoms with Gasteiger partial charge in [0.1, 0.15) is 5.82 Å². The van der Waals surface area contributed by atoms with Gasteiger partial charge < -0.3 is 5.11 Å². The average molecular weight is 248 g/mol. The summed E-state index contributed by atoms with van der Waals surface area (Å²) >= 11 is 0. The Morgan fingerprint density at radius 1 is 1.39 bits per heavy atom. The van der Waals surface area contributed by atoms with Crippen molar-refractivity contribution in [2.24, 2.45) is 7.05 Å². The maximum absolute atomic E-state index is 13.7. The molecule has 0 aliphatic heterocycles. The summed E-state index contributed by atoms with van der Waals surface area (Å²) in [4.78, 5) is 10.6. The fourth-order valence-electron chi connectivity index (χ4n) is 1.85. The molecule has 18 heavy (non-hydrogen) atoms. The van der Waals surface area contributed by atoms with Crippen LogP contribution in [0.4, 0.5) is 4.39 Å². The molecule has 2 rings (SSSR count). The lowest BCUT2D eigenvalue weighted by molar-refractivity contribution is -0.136. The Labute approximate surface area is 104 Å². The topological polar surface area (TPSA) is 55.1 Å². The molecule has 1 aromatic carbocycles. The average Bonchev–Trinajstić information content (AvgIpc) is 2.68. The summed E-state index contributed by atoms with van der Waals surface area (Å²) in [5, 5.41) is 12.9. The van der Waals surface area contributed by atoms with Crippen LogP contribution in [0.5, 0.6) is 0 Å². The van der Waals surface area contributed by atoms with Crippen molar-refractivity contribution in [3.63, 3.8) is 0 Å². The number of carboxylic acids is 1. The highest BCUT2D eigenvalue weighted by atomic mass is 19.1. The van der Waals surface area contributed by atoms with Crippen molar-refractivity contribution in [2.75, 3.05) is 0 Å². The molecule has 0 aliphatic carbocycles. The van der Waals surface area contributed by atoms with E-state index in [1.165, 1.54) is 6.07 Å². The largest absolute Gasteiger partial charge is 0.481 e. The van der Waals surface area contributed by atoms with E-state index in [0.717, 1.165) is 0 Å². The number of rotatable bonds is 4. The zero-order valence-electron chi connectivity index (χ0n) is 9.93. The summed E-state index contributed by atoms with van der Waals surface area (Å²) in [6, 6.07) is 6.40. The molecule has 0 atom stereocenters. The molecule has 0 radical (unpaired) electrons. The first-order chi connectivity index (χ1) is 8.58. The first kappa shape index (κ1) is 12.3. The highest BCUT2D eigenvalue weighted by Gasteiger charge is 2.14. The number of carboxylic acid groups (broad SMARTS) is 1. The van der Waals surface area contributed by atoms with Crippen LogP contribution in [0.25, 0.3) is 11.1 Å². The number of carbonyl (C=O) groups is 1. The van der Waals surface area contributed by atoms with E-state index in [0.29, 0.717) is 23.2 Å². The minimum atomic E-state index is -0.889. The van der Waals surface area contributed by atoms with Gasteiger partial charge in [-0.15, -0.1) is 0 Å². The smallest absolute Gasteiger partial charge is 0.303 e. The second-order valence-electron chi connectivity index (χ2n) is 4.04. The van der Waals surface area contributed by atoms with Crippen LogP contribution >= 0.6 is 0 Å². The molecule has 0 fully saturated rings. The van der Waals surface area contributed by atoms with Crippen LogP contribution in [0.1, 0.15) is 12.1 Å². The first-order valence-corrected chi connectivity index (χ1v) is 5.57. The SMILES string of the molecule is Cn1cc(-c2ccccc2F)c(CCC(=O)O)n1. The second kappa shape index (κ2) is 5.00. The first-order valence-electron chi connectivity index (χ1n) is 5.57. The minimum absolute atomic E-state index is 0.0154. The van der Waals surface area contributed by atoms with Gasteiger partial charge in [-0.1, -0.05) is 18.2 Å². The predicted molar refractivity (Wildman–Crippen MR) is 64.6 cm³/mol. The van der Waals surface area contributed by atoms with Gasteiger partial charge >= 0.3 is 5.97 Å². The molecule has 94 valence electrons. The molecule has 0 unspecified atom stereocenters. The Morgan fingerprint density at radius 2 is 2.11 bits per heavy atom. The summed E-state index contributed by atoms with van der Waals surface area (Å²) < 4.78 is 15.3. The third-order valence-corrected chi connectivity index (χ3v) is 2.64. The number of benzene rings is 1. The highest BCUT2D eigenvalue weighted by molar-refractivity contribution is 5.69. The maximum atomic E-state index is 13.7. The fraction of sp³-hybridized carbons (Fsp3) is 0.231. The van der Waals surface area contributed by atoms with Gasteiger partial charge in [0.2, 0.25) is 0 Å². The molecule has 0 saturated heterocycles. The zero-order chi connectivity index (χ0) is 13.1. The zero-order valence-corrected chi connectivity index (χ0v) is 9.93. The second-order valence-corrected chi connectivity index (χ2v) is 4.04. The summed E-state index contributed by atoms with van der Waals surface area (Å²) in [5.41, 5.74) is 1.70. The third-order valence-electron chi connectivity index (χ3n) is 2.64. The predicted octanol–water partition coefficient (Wildman–Crippen LogP) is 2.24. The van der Waals surface area contributed by atoms with Crippen molar-refractivity contribution in [1.82, 2.24) is 9.78 Å². The number of hydrogen-bond donors (Lipinski definition) is 1. The van der Waals surface area contributed by atoms with E-state index < -0.39 is 5.97 Å². The van der Waals surface area contributed by atoms with Gasteiger partial charge in [0.15, 0.2) is 0 Å². The van der Waals surface area contributed by atoms with E-state index in [2.05, 4.69) is 5.10 Å². The van der Waals surface area contributed by atoms with Gasteiger partial charge in [0.25, 0.3) is 0 Å². The summed E-state index contributed by atoms with van der Waals surface area (Å²) in [6.45, 7) is 0. The van der Waals surface area contributed by atoms with E-state index >= 15 is 0 Å². The quantitative estimate of drug-likeness (QED) is 0.902. The highest BCUT2D eigenvalue weighted by Crippen LogP contribution is 2.26. The molecule has 0 aliphatic rings. The fourth-order valence-corrected chi connectivity index (χ4v) is 1.85. The number of aryl methyl sites for hydroxylation is 2. The van der Waals surface area contributed by atoms with E-state index in [1.54, 1.807) is 36.1 Å².